The van der Waals surface area contributed by atoms with Crippen molar-refractivity contribution in [2.45, 2.75) is 51.6 Å². The molecule has 1 aromatic rings. The predicted molar refractivity (Wildman–Crippen MR) is 91.9 cm³/mol. The van der Waals surface area contributed by atoms with Crippen LogP contribution >= 0.6 is 15.9 Å². The lowest BCUT2D eigenvalue weighted by Gasteiger charge is -2.13. The van der Waals surface area contributed by atoms with Crippen molar-refractivity contribution >= 4 is 15.9 Å². The standard InChI is InChI=1S/C17H28BrNO2/c1-2-3-4-5-6-7-12-19-13-16(20)14-21-17-10-8-15(18)9-11-17/h8-11,16,19-20H,2-7,12-14H2,1H3. The average Bonchev–Trinajstić information content (AvgIpc) is 2.49. The number of rotatable bonds is 12. The summed E-state index contributed by atoms with van der Waals surface area (Å²) in [5, 5.41) is 13.1. The summed E-state index contributed by atoms with van der Waals surface area (Å²) in [7, 11) is 0. The van der Waals surface area contributed by atoms with Crippen LogP contribution in [-0.4, -0.2) is 30.9 Å². The quantitative estimate of drug-likeness (QED) is 0.552. The Morgan fingerprint density at radius 2 is 1.76 bits per heavy atom. The first-order valence-electron chi connectivity index (χ1n) is 7.99. The molecule has 1 aromatic carbocycles. The van der Waals surface area contributed by atoms with E-state index in [1.807, 2.05) is 24.3 Å². The van der Waals surface area contributed by atoms with Crippen molar-refractivity contribution < 1.29 is 9.84 Å². The van der Waals surface area contributed by atoms with Crippen LogP contribution in [0.2, 0.25) is 0 Å². The lowest BCUT2D eigenvalue weighted by Crippen LogP contribution is -2.32. The summed E-state index contributed by atoms with van der Waals surface area (Å²) in [6, 6.07) is 7.64. The molecule has 0 saturated carbocycles. The Morgan fingerprint density at radius 3 is 2.48 bits per heavy atom. The molecule has 1 rings (SSSR count). The van der Waals surface area contributed by atoms with E-state index < -0.39 is 6.10 Å². The molecule has 0 heterocycles. The van der Waals surface area contributed by atoms with Crippen LogP contribution in [0, 0.1) is 0 Å². The molecule has 4 heteroatoms. The lowest BCUT2D eigenvalue weighted by molar-refractivity contribution is 0.106. The number of unbranched alkanes of at least 4 members (excludes halogenated alkanes) is 5. The van der Waals surface area contributed by atoms with Gasteiger partial charge in [-0.1, -0.05) is 55.0 Å². The van der Waals surface area contributed by atoms with Crippen LogP contribution in [0.5, 0.6) is 5.75 Å². The highest BCUT2D eigenvalue weighted by molar-refractivity contribution is 9.10. The fourth-order valence-corrected chi connectivity index (χ4v) is 2.35. The molecule has 1 unspecified atom stereocenters. The fourth-order valence-electron chi connectivity index (χ4n) is 2.08. The third-order valence-corrected chi connectivity index (χ3v) is 3.87. The Bertz CT molecular complexity index is 356. The van der Waals surface area contributed by atoms with E-state index in [0.717, 1.165) is 16.8 Å². The molecule has 2 N–H and O–H groups in total. The predicted octanol–water partition coefficient (Wildman–Crippen LogP) is 4.14. The summed E-state index contributed by atoms with van der Waals surface area (Å²) in [4.78, 5) is 0. The van der Waals surface area contributed by atoms with E-state index in [1.165, 1.54) is 38.5 Å². The Morgan fingerprint density at radius 1 is 1.10 bits per heavy atom. The molecule has 120 valence electrons. The van der Waals surface area contributed by atoms with Gasteiger partial charge < -0.3 is 15.2 Å². The van der Waals surface area contributed by atoms with Crippen molar-refractivity contribution in [2.75, 3.05) is 19.7 Å². The van der Waals surface area contributed by atoms with Crippen LogP contribution < -0.4 is 10.1 Å². The third kappa shape index (κ3) is 9.88. The zero-order valence-electron chi connectivity index (χ0n) is 13.0. The van der Waals surface area contributed by atoms with Gasteiger partial charge >= 0.3 is 0 Å². The second-order valence-electron chi connectivity index (χ2n) is 5.39. The Kier molecular flexibility index (Phi) is 10.6. The molecule has 0 amide bonds. The van der Waals surface area contributed by atoms with E-state index >= 15 is 0 Å². The van der Waals surface area contributed by atoms with Gasteiger partial charge in [0.05, 0.1) is 0 Å². The molecule has 0 aliphatic rings. The molecule has 3 nitrogen and oxygen atoms in total. The molecular formula is C17H28BrNO2. The fraction of sp³-hybridized carbons (Fsp3) is 0.647. The van der Waals surface area contributed by atoms with Crippen LogP contribution in [0.3, 0.4) is 0 Å². The van der Waals surface area contributed by atoms with E-state index in [-0.39, 0.29) is 0 Å². The number of aliphatic hydroxyl groups excluding tert-OH is 1. The van der Waals surface area contributed by atoms with Crippen LogP contribution in [0.15, 0.2) is 28.7 Å². The third-order valence-electron chi connectivity index (χ3n) is 3.34. The number of benzene rings is 1. The first-order valence-corrected chi connectivity index (χ1v) is 8.79. The summed E-state index contributed by atoms with van der Waals surface area (Å²) in [6.45, 7) is 4.12. The summed E-state index contributed by atoms with van der Waals surface area (Å²) >= 11 is 3.38. The van der Waals surface area contributed by atoms with E-state index in [2.05, 4.69) is 28.2 Å². The molecule has 0 aliphatic carbocycles. The smallest absolute Gasteiger partial charge is 0.119 e. The first kappa shape index (κ1) is 18.5. The average molecular weight is 358 g/mol. The van der Waals surface area contributed by atoms with Gasteiger partial charge in [-0.25, -0.2) is 0 Å². The normalized spacial score (nSPS) is 12.3. The molecule has 0 aliphatic heterocycles. The molecule has 0 aromatic heterocycles. The molecule has 0 radical (unpaired) electrons. The second kappa shape index (κ2) is 12.0. The van der Waals surface area contributed by atoms with E-state index in [0.29, 0.717) is 13.2 Å². The first-order chi connectivity index (χ1) is 10.2. The second-order valence-corrected chi connectivity index (χ2v) is 6.31. The Labute approximate surface area is 137 Å². The number of hydrogen-bond acceptors (Lipinski definition) is 3. The number of nitrogens with one attached hydrogen (secondary N) is 1. The molecule has 0 bridgehead atoms. The maximum atomic E-state index is 9.84. The van der Waals surface area contributed by atoms with Crippen LogP contribution in [0.4, 0.5) is 0 Å². The maximum absolute atomic E-state index is 9.84. The van der Waals surface area contributed by atoms with Crippen molar-refractivity contribution in [1.82, 2.24) is 5.32 Å². The topological polar surface area (TPSA) is 41.5 Å². The van der Waals surface area contributed by atoms with Crippen molar-refractivity contribution in [3.05, 3.63) is 28.7 Å². The molecule has 0 spiro atoms. The molecule has 21 heavy (non-hydrogen) atoms. The minimum atomic E-state index is -0.464. The van der Waals surface area contributed by atoms with Crippen molar-refractivity contribution in [3.8, 4) is 5.75 Å². The number of aliphatic hydroxyl groups is 1. The van der Waals surface area contributed by atoms with Gasteiger partial charge in [-0.3, -0.25) is 0 Å². The van der Waals surface area contributed by atoms with E-state index in [4.69, 9.17) is 4.74 Å². The Hall–Kier alpha value is -0.580. The number of halogens is 1. The summed E-state index contributed by atoms with van der Waals surface area (Å²) in [5.74, 6) is 0.785. The molecular weight excluding hydrogens is 330 g/mol. The SMILES string of the molecule is CCCCCCCCNCC(O)COc1ccc(Br)cc1. The summed E-state index contributed by atoms with van der Waals surface area (Å²) in [5.41, 5.74) is 0. The Balaban J connectivity index is 1.96. The highest BCUT2D eigenvalue weighted by atomic mass is 79.9. The summed E-state index contributed by atoms with van der Waals surface area (Å²) < 4.78 is 6.56. The van der Waals surface area contributed by atoms with Gasteiger partial charge in [0.25, 0.3) is 0 Å². The van der Waals surface area contributed by atoms with E-state index in [9.17, 15) is 5.11 Å². The van der Waals surface area contributed by atoms with Gasteiger partial charge in [-0.2, -0.15) is 0 Å². The minimum Gasteiger partial charge on any atom is -0.491 e. The van der Waals surface area contributed by atoms with Gasteiger partial charge in [-0.15, -0.1) is 0 Å². The minimum absolute atomic E-state index is 0.325. The highest BCUT2D eigenvalue weighted by Gasteiger charge is 2.04. The lowest BCUT2D eigenvalue weighted by atomic mass is 10.1. The number of ether oxygens (including phenoxy) is 1. The molecule has 0 fully saturated rings. The van der Waals surface area contributed by atoms with Gasteiger partial charge in [0.1, 0.15) is 18.5 Å². The van der Waals surface area contributed by atoms with Gasteiger partial charge in [0, 0.05) is 11.0 Å². The summed E-state index contributed by atoms with van der Waals surface area (Å²) in [6.07, 6.45) is 7.31. The molecule has 1 atom stereocenters. The molecule has 0 saturated heterocycles. The van der Waals surface area contributed by atoms with Crippen molar-refractivity contribution in [3.63, 3.8) is 0 Å². The van der Waals surface area contributed by atoms with Gasteiger partial charge in [-0.05, 0) is 37.2 Å². The van der Waals surface area contributed by atoms with Crippen LogP contribution in [-0.2, 0) is 0 Å². The van der Waals surface area contributed by atoms with E-state index in [1.54, 1.807) is 0 Å². The monoisotopic (exact) mass is 357 g/mol. The van der Waals surface area contributed by atoms with Crippen molar-refractivity contribution in [1.29, 1.82) is 0 Å². The number of hydrogen-bond donors (Lipinski definition) is 2. The maximum Gasteiger partial charge on any atom is 0.119 e. The zero-order valence-corrected chi connectivity index (χ0v) is 14.6. The highest BCUT2D eigenvalue weighted by Crippen LogP contribution is 2.16. The van der Waals surface area contributed by atoms with Crippen LogP contribution in [0.1, 0.15) is 45.4 Å². The van der Waals surface area contributed by atoms with Crippen molar-refractivity contribution in [2.24, 2.45) is 0 Å². The largest absolute Gasteiger partial charge is 0.491 e. The van der Waals surface area contributed by atoms with Gasteiger partial charge in [0.15, 0.2) is 0 Å². The zero-order chi connectivity index (χ0) is 15.3. The van der Waals surface area contributed by atoms with Gasteiger partial charge in [0.2, 0.25) is 0 Å². The van der Waals surface area contributed by atoms with Crippen LogP contribution in [0.25, 0.3) is 0 Å².